The molecule has 0 saturated carbocycles. The van der Waals surface area contributed by atoms with Crippen LogP contribution in [0.25, 0.3) is 0 Å². The number of benzene rings is 1. The van der Waals surface area contributed by atoms with Crippen molar-refractivity contribution >= 4 is 11.3 Å². The molecule has 0 bridgehead atoms. The molecule has 0 fully saturated rings. The molecule has 2 aromatic rings. The van der Waals surface area contributed by atoms with E-state index in [9.17, 15) is 9.50 Å². The smallest absolute Gasteiger partial charge is 0.168 e. The van der Waals surface area contributed by atoms with Crippen LogP contribution in [0.1, 0.15) is 17.4 Å². The van der Waals surface area contributed by atoms with Crippen molar-refractivity contribution in [3.8, 4) is 5.75 Å². The minimum Gasteiger partial charge on any atom is -0.494 e. The van der Waals surface area contributed by atoms with E-state index in [0.29, 0.717) is 11.3 Å². The fraction of sp³-hybridized carbons (Fsp3) is 0.250. The normalized spacial score (nSPS) is 12.4. The summed E-state index contributed by atoms with van der Waals surface area (Å²) in [4.78, 5) is 4.00. The Balaban J connectivity index is 2.19. The summed E-state index contributed by atoms with van der Waals surface area (Å²) in [5, 5.41) is 11.6. The number of methoxy groups -OCH3 is 1. The minimum atomic E-state index is -0.789. The van der Waals surface area contributed by atoms with Crippen molar-refractivity contribution in [3.63, 3.8) is 0 Å². The molecule has 0 aliphatic carbocycles. The first kappa shape index (κ1) is 12.0. The average molecular weight is 253 g/mol. The number of hydrogen-bond acceptors (Lipinski definition) is 4. The van der Waals surface area contributed by atoms with Crippen molar-refractivity contribution in [1.29, 1.82) is 0 Å². The van der Waals surface area contributed by atoms with E-state index in [4.69, 9.17) is 4.74 Å². The van der Waals surface area contributed by atoms with E-state index in [-0.39, 0.29) is 12.2 Å². The van der Waals surface area contributed by atoms with Gasteiger partial charge in [-0.1, -0.05) is 12.1 Å². The standard InChI is InChI=1S/C12H12FNO2S/c1-16-11-4-2-3-8(12(11)13)5-10(15)9-6-17-7-14-9/h2-4,6-7,10,15H,5H2,1H3. The van der Waals surface area contributed by atoms with E-state index < -0.39 is 11.9 Å². The van der Waals surface area contributed by atoms with E-state index in [1.54, 1.807) is 29.1 Å². The lowest BCUT2D eigenvalue weighted by atomic mass is 10.1. The second-order valence-corrected chi connectivity index (χ2v) is 4.29. The summed E-state index contributed by atoms with van der Waals surface area (Å²) in [7, 11) is 1.42. The molecule has 3 nitrogen and oxygen atoms in total. The van der Waals surface area contributed by atoms with Crippen molar-refractivity contribution in [2.75, 3.05) is 7.11 Å². The molecule has 0 aliphatic rings. The van der Waals surface area contributed by atoms with E-state index in [1.165, 1.54) is 18.4 Å². The summed E-state index contributed by atoms with van der Waals surface area (Å²) in [6.45, 7) is 0. The number of aliphatic hydroxyl groups is 1. The quantitative estimate of drug-likeness (QED) is 0.910. The lowest BCUT2D eigenvalue weighted by Gasteiger charge is -2.10. The summed E-state index contributed by atoms with van der Waals surface area (Å²) in [5.74, 6) is -0.239. The summed E-state index contributed by atoms with van der Waals surface area (Å²) < 4.78 is 18.7. The van der Waals surface area contributed by atoms with E-state index in [1.807, 2.05) is 0 Å². The van der Waals surface area contributed by atoms with Gasteiger partial charge in [-0.3, -0.25) is 0 Å². The summed E-state index contributed by atoms with van der Waals surface area (Å²) >= 11 is 1.40. The van der Waals surface area contributed by atoms with Crippen LogP contribution in [-0.4, -0.2) is 17.2 Å². The highest BCUT2D eigenvalue weighted by Crippen LogP contribution is 2.24. The summed E-state index contributed by atoms with van der Waals surface area (Å²) in [6, 6.07) is 4.88. The third kappa shape index (κ3) is 2.62. The van der Waals surface area contributed by atoms with Crippen LogP contribution in [0.2, 0.25) is 0 Å². The SMILES string of the molecule is COc1cccc(CC(O)c2cscn2)c1F. The number of halogens is 1. The van der Waals surface area contributed by atoms with Gasteiger partial charge in [-0.05, 0) is 11.6 Å². The minimum absolute atomic E-state index is 0.187. The Morgan fingerprint density at radius 2 is 2.35 bits per heavy atom. The maximum Gasteiger partial charge on any atom is 0.168 e. The Bertz CT molecular complexity index is 487. The van der Waals surface area contributed by atoms with Crippen LogP contribution in [0.15, 0.2) is 29.1 Å². The van der Waals surface area contributed by atoms with Crippen LogP contribution in [-0.2, 0) is 6.42 Å². The average Bonchev–Trinajstić information content (AvgIpc) is 2.85. The number of thiazole rings is 1. The molecule has 5 heteroatoms. The number of nitrogens with zero attached hydrogens (tertiary/aromatic N) is 1. The van der Waals surface area contributed by atoms with Crippen molar-refractivity contribution < 1.29 is 14.2 Å². The van der Waals surface area contributed by atoms with E-state index in [2.05, 4.69) is 4.98 Å². The molecule has 0 saturated heterocycles. The molecule has 2 rings (SSSR count). The zero-order chi connectivity index (χ0) is 12.3. The Morgan fingerprint density at radius 1 is 1.53 bits per heavy atom. The van der Waals surface area contributed by atoms with Crippen LogP contribution in [0.4, 0.5) is 4.39 Å². The number of rotatable bonds is 4. The first-order chi connectivity index (χ1) is 8.22. The third-order valence-corrected chi connectivity index (χ3v) is 3.07. The number of aromatic nitrogens is 1. The van der Waals surface area contributed by atoms with Crippen LogP contribution in [0.5, 0.6) is 5.75 Å². The van der Waals surface area contributed by atoms with Crippen molar-refractivity contribution in [2.24, 2.45) is 0 Å². The number of ether oxygens (including phenoxy) is 1. The third-order valence-electron chi connectivity index (χ3n) is 2.47. The Kier molecular flexibility index (Phi) is 3.71. The van der Waals surface area contributed by atoms with E-state index >= 15 is 0 Å². The molecule has 0 radical (unpaired) electrons. The second kappa shape index (κ2) is 5.25. The Morgan fingerprint density at radius 3 is 3.00 bits per heavy atom. The maximum atomic E-state index is 13.8. The fourth-order valence-electron chi connectivity index (χ4n) is 1.57. The van der Waals surface area contributed by atoms with Gasteiger partial charge in [0.1, 0.15) is 6.10 Å². The largest absolute Gasteiger partial charge is 0.494 e. The molecule has 1 aromatic heterocycles. The summed E-state index contributed by atoms with van der Waals surface area (Å²) in [5.41, 5.74) is 2.63. The van der Waals surface area contributed by atoms with Gasteiger partial charge in [-0.15, -0.1) is 11.3 Å². The van der Waals surface area contributed by atoms with Gasteiger partial charge in [0, 0.05) is 11.8 Å². The van der Waals surface area contributed by atoms with Crippen LogP contribution in [0.3, 0.4) is 0 Å². The molecule has 1 heterocycles. The molecule has 90 valence electrons. The van der Waals surface area contributed by atoms with Crippen LogP contribution < -0.4 is 4.74 Å². The van der Waals surface area contributed by atoms with Gasteiger partial charge in [0.25, 0.3) is 0 Å². The maximum absolute atomic E-state index is 13.8. The Hall–Kier alpha value is -1.46. The monoisotopic (exact) mass is 253 g/mol. The van der Waals surface area contributed by atoms with Gasteiger partial charge in [-0.2, -0.15) is 0 Å². The highest BCUT2D eigenvalue weighted by Gasteiger charge is 2.15. The van der Waals surface area contributed by atoms with Gasteiger partial charge >= 0.3 is 0 Å². The van der Waals surface area contributed by atoms with Crippen LogP contribution in [0, 0.1) is 5.82 Å². The van der Waals surface area contributed by atoms with Gasteiger partial charge < -0.3 is 9.84 Å². The topological polar surface area (TPSA) is 42.4 Å². The zero-order valence-electron chi connectivity index (χ0n) is 9.26. The first-order valence-corrected chi connectivity index (χ1v) is 6.04. The lowest BCUT2D eigenvalue weighted by molar-refractivity contribution is 0.173. The molecule has 0 spiro atoms. The molecule has 0 aliphatic heterocycles. The molecule has 1 aromatic carbocycles. The summed E-state index contributed by atoms with van der Waals surface area (Å²) in [6.07, 6.45) is -0.602. The molecule has 0 amide bonds. The first-order valence-electron chi connectivity index (χ1n) is 5.10. The van der Waals surface area contributed by atoms with Crippen molar-refractivity contribution in [3.05, 3.63) is 46.2 Å². The highest BCUT2D eigenvalue weighted by molar-refractivity contribution is 7.07. The van der Waals surface area contributed by atoms with Gasteiger partial charge in [-0.25, -0.2) is 9.37 Å². The van der Waals surface area contributed by atoms with Crippen molar-refractivity contribution in [1.82, 2.24) is 4.98 Å². The second-order valence-electron chi connectivity index (χ2n) is 3.57. The molecular formula is C12H12FNO2S. The van der Waals surface area contributed by atoms with Crippen LogP contribution >= 0.6 is 11.3 Å². The molecule has 1 unspecified atom stereocenters. The zero-order valence-corrected chi connectivity index (χ0v) is 10.1. The fourth-order valence-corrected chi connectivity index (χ4v) is 2.17. The van der Waals surface area contributed by atoms with Gasteiger partial charge in [0.05, 0.1) is 18.3 Å². The lowest BCUT2D eigenvalue weighted by Crippen LogP contribution is -2.04. The molecule has 17 heavy (non-hydrogen) atoms. The van der Waals surface area contributed by atoms with Gasteiger partial charge in [0.2, 0.25) is 0 Å². The number of aliphatic hydroxyl groups excluding tert-OH is 1. The number of hydrogen-bond donors (Lipinski definition) is 1. The Labute approximate surface area is 103 Å². The predicted octanol–water partition coefficient (Wildman–Crippen LogP) is 2.57. The highest BCUT2D eigenvalue weighted by atomic mass is 32.1. The molecule has 1 atom stereocenters. The molecular weight excluding hydrogens is 241 g/mol. The van der Waals surface area contributed by atoms with E-state index in [0.717, 1.165) is 0 Å². The molecule has 1 N–H and O–H groups in total. The predicted molar refractivity (Wildman–Crippen MR) is 63.7 cm³/mol. The van der Waals surface area contributed by atoms with Gasteiger partial charge in [0.15, 0.2) is 11.6 Å². The van der Waals surface area contributed by atoms with Crippen molar-refractivity contribution in [2.45, 2.75) is 12.5 Å².